The number of carbonyl (C=O) groups is 2. The van der Waals surface area contributed by atoms with Crippen molar-refractivity contribution < 1.29 is 19.1 Å². The zero-order valence-corrected chi connectivity index (χ0v) is 18.2. The van der Waals surface area contributed by atoms with E-state index in [9.17, 15) is 9.59 Å². The fourth-order valence-corrected chi connectivity index (χ4v) is 3.09. The molecule has 2 atom stereocenters. The van der Waals surface area contributed by atoms with Crippen LogP contribution in [0.1, 0.15) is 99.8 Å². The van der Waals surface area contributed by atoms with Gasteiger partial charge in [0.25, 0.3) is 0 Å². The smallest absolute Gasteiger partial charge is 0.338 e. The zero-order chi connectivity index (χ0) is 20.8. The van der Waals surface area contributed by atoms with Crippen LogP contribution in [0.4, 0.5) is 0 Å². The summed E-state index contributed by atoms with van der Waals surface area (Å²) in [5, 5.41) is 0. The Hall–Kier alpha value is -1.84. The Morgan fingerprint density at radius 1 is 0.714 bits per heavy atom. The van der Waals surface area contributed by atoms with E-state index in [1.54, 1.807) is 24.3 Å². The third-order valence-electron chi connectivity index (χ3n) is 5.34. The highest BCUT2D eigenvalue weighted by atomic mass is 16.5. The van der Waals surface area contributed by atoms with Crippen molar-refractivity contribution in [2.45, 2.75) is 79.1 Å². The first-order valence-electron chi connectivity index (χ1n) is 11.0. The summed E-state index contributed by atoms with van der Waals surface area (Å²) in [5.41, 5.74) is 0.938. The number of ether oxygens (including phenoxy) is 2. The molecule has 0 N–H and O–H groups in total. The predicted octanol–water partition coefficient (Wildman–Crippen LogP) is 6.43. The molecule has 1 aromatic rings. The second-order valence-electron chi connectivity index (χ2n) is 7.61. The minimum Gasteiger partial charge on any atom is -0.462 e. The highest BCUT2D eigenvalue weighted by Gasteiger charge is 2.15. The van der Waals surface area contributed by atoms with Gasteiger partial charge in [-0.2, -0.15) is 0 Å². The standard InChI is InChI=1S/C24H38O4/c1-5-9-11-19(7-3)17-27-23(25)21-13-15-22(16-14-21)24(26)28-18-20(8-4)12-10-6-2/h13-16,19-20H,5-12,17-18H2,1-4H3/t19-,20?/m1/s1. The van der Waals surface area contributed by atoms with Gasteiger partial charge < -0.3 is 9.47 Å². The second kappa shape index (κ2) is 14.2. The lowest BCUT2D eigenvalue weighted by atomic mass is 10.0. The van der Waals surface area contributed by atoms with Crippen molar-refractivity contribution in [2.75, 3.05) is 13.2 Å². The largest absolute Gasteiger partial charge is 0.462 e. The van der Waals surface area contributed by atoms with Crippen molar-refractivity contribution in [3.63, 3.8) is 0 Å². The summed E-state index contributed by atoms with van der Waals surface area (Å²) >= 11 is 0. The van der Waals surface area contributed by atoms with Crippen LogP contribution in [-0.4, -0.2) is 25.2 Å². The third-order valence-corrected chi connectivity index (χ3v) is 5.34. The maximum Gasteiger partial charge on any atom is 0.338 e. The van der Waals surface area contributed by atoms with E-state index in [0.717, 1.165) is 51.4 Å². The molecule has 1 unspecified atom stereocenters. The van der Waals surface area contributed by atoms with E-state index in [1.807, 2.05) is 0 Å². The monoisotopic (exact) mass is 390 g/mol. The van der Waals surface area contributed by atoms with Crippen LogP contribution >= 0.6 is 0 Å². The Bertz CT molecular complexity index is 513. The molecule has 0 aliphatic carbocycles. The topological polar surface area (TPSA) is 52.6 Å². The van der Waals surface area contributed by atoms with Gasteiger partial charge in [0.1, 0.15) is 0 Å². The van der Waals surface area contributed by atoms with Crippen molar-refractivity contribution in [3.05, 3.63) is 35.4 Å². The zero-order valence-electron chi connectivity index (χ0n) is 18.2. The molecule has 0 bridgehead atoms. The van der Waals surface area contributed by atoms with E-state index >= 15 is 0 Å². The van der Waals surface area contributed by atoms with Gasteiger partial charge in [0.05, 0.1) is 24.3 Å². The van der Waals surface area contributed by atoms with Gasteiger partial charge in [0.15, 0.2) is 0 Å². The van der Waals surface area contributed by atoms with E-state index in [1.165, 1.54) is 0 Å². The Morgan fingerprint density at radius 2 is 1.07 bits per heavy atom. The fourth-order valence-electron chi connectivity index (χ4n) is 3.09. The molecule has 0 fully saturated rings. The van der Waals surface area contributed by atoms with Gasteiger partial charge in [-0.25, -0.2) is 9.59 Å². The van der Waals surface area contributed by atoms with Crippen LogP contribution < -0.4 is 0 Å². The molecular weight excluding hydrogens is 352 g/mol. The molecule has 0 amide bonds. The van der Waals surface area contributed by atoms with Crippen LogP contribution in [-0.2, 0) is 9.47 Å². The van der Waals surface area contributed by atoms with Crippen molar-refractivity contribution in [1.82, 2.24) is 0 Å². The minimum absolute atomic E-state index is 0.333. The van der Waals surface area contributed by atoms with Crippen LogP contribution in [0.15, 0.2) is 24.3 Å². The fraction of sp³-hybridized carbons (Fsp3) is 0.667. The summed E-state index contributed by atoms with van der Waals surface area (Å²) in [5.74, 6) is 0.163. The van der Waals surface area contributed by atoms with E-state index in [4.69, 9.17) is 9.47 Å². The van der Waals surface area contributed by atoms with Crippen LogP contribution in [0.2, 0.25) is 0 Å². The summed E-state index contributed by atoms with van der Waals surface area (Å²) in [6.07, 6.45) is 8.81. The summed E-state index contributed by atoms with van der Waals surface area (Å²) in [6.45, 7) is 9.49. The average Bonchev–Trinajstić information content (AvgIpc) is 2.73. The maximum atomic E-state index is 12.2. The van der Waals surface area contributed by atoms with Crippen molar-refractivity contribution in [2.24, 2.45) is 11.8 Å². The lowest BCUT2D eigenvalue weighted by Gasteiger charge is -2.15. The normalized spacial score (nSPS) is 13.0. The molecule has 0 radical (unpaired) electrons. The van der Waals surface area contributed by atoms with Gasteiger partial charge in [0.2, 0.25) is 0 Å². The number of carbonyl (C=O) groups excluding carboxylic acids is 2. The van der Waals surface area contributed by atoms with Crippen molar-refractivity contribution in [3.8, 4) is 0 Å². The highest BCUT2D eigenvalue weighted by molar-refractivity contribution is 5.93. The average molecular weight is 391 g/mol. The summed E-state index contributed by atoms with van der Waals surface area (Å²) in [6, 6.07) is 6.56. The molecule has 0 aliphatic heterocycles. The molecule has 4 nitrogen and oxygen atoms in total. The highest BCUT2D eigenvalue weighted by Crippen LogP contribution is 2.16. The number of hydrogen-bond acceptors (Lipinski definition) is 4. The van der Waals surface area contributed by atoms with Crippen LogP contribution in [0.25, 0.3) is 0 Å². The summed E-state index contributed by atoms with van der Waals surface area (Å²) < 4.78 is 10.9. The molecule has 0 spiro atoms. The summed E-state index contributed by atoms with van der Waals surface area (Å²) in [7, 11) is 0. The van der Waals surface area contributed by atoms with E-state index < -0.39 is 0 Å². The molecule has 158 valence electrons. The lowest BCUT2D eigenvalue weighted by Crippen LogP contribution is -2.15. The van der Waals surface area contributed by atoms with Gasteiger partial charge in [-0.15, -0.1) is 0 Å². The Labute approximate surface area is 171 Å². The van der Waals surface area contributed by atoms with Gasteiger partial charge in [-0.1, -0.05) is 66.2 Å². The molecule has 0 aromatic heterocycles. The lowest BCUT2D eigenvalue weighted by molar-refractivity contribution is 0.0414. The Balaban J connectivity index is 2.50. The predicted molar refractivity (Wildman–Crippen MR) is 114 cm³/mol. The van der Waals surface area contributed by atoms with E-state index in [2.05, 4.69) is 27.7 Å². The van der Waals surface area contributed by atoms with Crippen LogP contribution in [0, 0.1) is 11.8 Å². The molecular formula is C24H38O4. The number of benzene rings is 1. The van der Waals surface area contributed by atoms with Gasteiger partial charge in [-0.3, -0.25) is 0 Å². The molecule has 0 saturated carbocycles. The molecule has 0 aliphatic rings. The molecule has 28 heavy (non-hydrogen) atoms. The molecule has 1 aromatic carbocycles. The SMILES string of the molecule is CCCCC(CC)COC(=O)c1ccc(C(=O)OC[C@H](CC)CCCC)cc1. The van der Waals surface area contributed by atoms with E-state index in [0.29, 0.717) is 36.2 Å². The molecule has 0 saturated heterocycles. The second-order valence-corrected chi connectivity index (χ2v) is 7.61. The van der Waals surface area contributed by atoms with E-state index in [-0.39, 0.29) is 11.9 Å². The van der Waals surface area contributed by atoms with Crippen molar-refractivity contribution in [1.29, 1.82) is 0 Å². The minimum atomic E-state index is -0.333. The van der Waals surface area contributed by atoms with Gasteiger partial charge in [0, 0.05) is 0 Å². The first-order valence-corrected chi connectivity index (χ1v) is 11.0. The quantitative estimate of drug-likeness (QED) is 0.343. The first-order chi connectivity index (χ1) is 13.5. The van der Waals surface area contributed by atoms with Crippen LogP contribution in [0.3, 0.4) is 0 Å². The Morgan fingerprint density at radius 3 is 1.36 bits per heavy atom. The third kappa shape index (κ3) is 8.90. The number of hydrogen-bond donors (Lipinski definition) is 0. The van der Waals surface area contributed by atoms with Crippen molar-refractivity contribution >= 4 is 11.9 Å². The van der Waals surface area contributed by atoms with Gasteiger partial charge in [-0.05, 0) is 48.9 Å². The number of rotatable bonds is 14. The maximum absolute atomic E-state index is 12.2. The molecule has 1 rings (SSSR count). The van der Waals surface area contributed by atoms with Gasteiger partial charge >= 0.3 is 11.9 Å². The van der Waals surface area contributed by atoms with Crippen LogP contribution in [0.5, 0.6) is 0 Å². The molecule has 4 heteroatoms. The number of unbranched alkanes of at least 4 members (excludes halogenated alkanes) is 2. The number of esters is 2. The Kier molecular flexibility index (Phi) is 12.3. The molecule has 0 heterocycles. The summed E-state index contributed by atoms with van der Waals surface area (Å²) in [4.78, 5) is 24.5. The first kappa shape index (κ1) is 24.2.